The first-order chi connectivity index (χ1) is 8.88. The lowest BCUT2D eigenvalue weighted by molar-refractivity contribution is 0.0922. The molecule has 4 heteroatoms. The highest BCUT2D eigenvalue weighted by atomic mass is 32.1. The molecule has 0 saturated carbocycles. The number of thiophene rings is 1. The van der Waals surface area contributed by atoms with Gasteiger partial charge < -0.3 is 4.57 Å². The lowest BCUT2D eigenvalue weighted by Gasteiger charge is -2.15. The summed E-state index contributed by atoms with van der Waals surface area (Å²) >= 11 is 1.61. The van der Waals surface area contributed by atoms with Gasteiger partial charge in [-0.3, -0.25) is 4.79 Å². The Hall–Kier alpha value is -1.42. The van der Waals surface area contributed by atoms with E-state index in [2.05, 4.69) is 31.8 Å². The van der Waals surface area contributed by atoms with Crippen LogP contribution < -0.4 is 0 Å². The zero-order chi connectivity index (χ0) is 14.0. The van der Waals surface area contributed by atoms with Gasteiger partial charge in [-0.1, -0.05) is 27.7 Å². The first-order valence-electron chi connectivity index (χ1n) is 6.48. The fraction of sp³-hybridized carbons (Fsp3) is 0.467. The average molecular weight is 276 g/mol. The SMILES string of the molecule is CC(Cn1ccnc1)C(=O)c1ccc(C(C)(C)C)s1. The molecule has 0 aliphatic heterocycles. The second-order valence-corrected chi connectivity index (χ2v) is 7.02. The Bertz CT molecular complexity index is 549. The molecule has 102 valence electrons. The van der Waals surface area contributed by atoms with Gasteiger partial charge in [-0.2, -0.15) is 0 Å². The number of imidazole rings is 1. The topological polar surface area (TPSA) is 34.9 Å². The molecule has 1 unspecified atom stereocenters. The van der Waals surface area contributed by atoms with Gasteiger partial charge in [0.2, 0.25) is 0 Å². The minimum Gasteiger partial charge on any atom is -0.337 e. The summed E-state index contributed by atoms with van der Waals surface area (Å²) in [6.45, 7) is 9.16. The highest BCUT2D eigenvalue weighted by molar-refractivity contribution is 7.14. The molecule has 0 fully saturated rings. The van der Waals surface area contributed by atoms with E-state index in [9.17, 15) is 4.79 Å². The third-order valence-electron chi connectivity index (χ3n) is 3.08. The van der Waals surface area contributed by atoms with E-state index in [4.69, 9.17) is 0 Å². The van der Waals surface area contributed by atoms with Crippen LogP contribution in [0.2, 0.25) is 0 Å². The summed E-state index contributed by atoms with van der Waals surface area (Å²) in [6.07, 6.45) is 5.37. The van der Waals surface area contributed by atoms with Gasteiger partial charge in [0.1, 0.15) is 0 Å². The molecule has 2 rings (SSSR count). The van der Waals surface area contributed by atoms with Crippen molar-refractivity contribution < 1.29 is 4.79 Å². The number of aromatic nitrogens is 2. The van der Waals surface area contributed by atoms with Crippen molar-refractivity contribution in [2.24, 2.45) is 5.92 Å². The number of ketones is 1. The molecule has 0 aliphatic rings. The van der Waals surface area contributed by atoms with E-state index >= 15 is 0 Å². The van der Waals surface area contributed by atoms with Crippen LogP contribution in [0, 0.1) is 5.92 Å². The monoisotopic (exact) mass is 276 g/mol. The zero-order valence-corrected chi connectivity index (χ0v) is 12.7. The van der Waals surface area contributed by atoms with E-state index in [1.807, 2.05) is 23.8 Å². The number of carbonyl (C=O) groups is 1. The smallest absolute Gasteiger partial charge is 0.177 e. The Morgan fingerprint density at radius 1 is 1.42 bits per heavy atom. The molecule has 0 N–H and O–H groups in total. The summed E-state index contributed by atoms with van der Waals surface area (Å²) in [4.78, 5) is 18.5. The van der Waals surface area contributed by atoms with Crippen molar-refractivity contribution in [1.82, 2.24) is 9.55 Å². The van der Waals surface area contributed by atoms with Crippen molar-refractivity contribution in [3.63, 3.8) is 0 Å². The van der Waals surface area contributed by atoms with Crippen LogP contribution in [0.3, 0.4) is 0 Å². The molecular formula is C15H20N2OS. The lowest BCUT2D eigenvalue weighted by atomic mass is 9.95. The van der Waals surface area contributed by atoms with Crippen LogP contribution >= 0.6 is 11.3 Å². The molecule has 0 saturated heterocycles. The van der Waals surface area contributed by atoms with Crippen LogP contribution in [0.1, 0.15) is 42.2 Å². The first kappa shape index (κ1) is 14.0. The summed E-state index contributed by atoms with van der Waals surface area (Å²) < 4.78 is 1.95. The molecule has 2 heterocycles. The molecule has 0 spiro atoms. The highest BCUT2D eigenvalue weighted by Gasteiger charge is 2.21. The van der Waals surface area contributed by atoms with Crippen molar-refractivity contribution >= 4 is 17.1 Å². The van der Waals surface area contributed by atoms with Gasteiger partial charge in [0.25, 0.3) is 0 Å². The Labute approximate surface area is 118 Å². The van der Waals surface area contributed by atoms with Crippen LogP contribution in [0.25, 0.3) is 0 Å². The lowest BCUT2D eigenvalue weighted by Crippen LogP contribution is -2.16. The molecule has 1 atom stereocenters. The molecule has 19 heavy (non-hydrogen) atoms. The number of carbonyl (C=O) groups excluding carboxylic acids is 1. The van der Waals surface area contributed by atoms with E-state index in [0.717, 1.165) is 4.88 Å². The molecule has 2 aromatic heterocycles. The third-order valence-corrected chi connectivity index (χ3v) is 4.61. The number of hydrogen-bond donors (Lipinski definition) is 0. The second kappa shape index (κ2) is 5.29. The van der Waals surface area contributed by atoms with Crippen molar-refractivity contribution in [3.8, 4) is 0 Å². The minimum atomic E-state index is -0.0272. The van der Waals surface area contributed by atoms with E-state index in [1.54, 1.807) is 23.9 Å². The summed E-state index contributed by atoms with van der Waals surface area (Å²) in [7, 11) is 0. The Morgan fingerprint density at radius 2 is 2.16 bits per heavy atom. The molecule has 0 bridgehead atoms. The maximum atomic E-state index is 12.4. The van der Waals surface area contributed by atoms with Crippen molar-refractivity contribution in [2.45, 2.75) is 39.7 Å². The van der Waals surface area contributed by atoms with Crippen molar-refractivity contribution in [3.05, 3.63) is 40.6 Å². The Morgan fingerprint density at radius 3 is 2.68 bits per heavy atom. The minimum absolute atomic E-state index is 0.0272. The average Bonchev–Trinajstić information content (AvgIpc) is 2.97. The standard InChI is InChI=1S/C15H20N2OS/c1-11(9-17-8-7-16-10-17)14(18)12-5-6-13(19-12)15(2,3)4/h5-8,10-11H,9H2,1-4H3. The summed E-state index contributed by atoms with van der Waals surface area (Å²) in [5.74, 6) is 0.190. The van der Waals surface area contributed by atoms with Gasteiger partial charge >= 0.3 is 0 Å². The van der Waals surface area contributed by atoms with E-state index < -0.39 is 0 Å². The quantitative estimate of drug-likeness (QED) is 0.797. The third kappa shape index (κ3) is 3.32. The molecule has 3 nitrogen and oxygen atoms in total. The second-order valence-electron chi connectivity index (χ2n) is 5.94. The summed E-state index contributed by atoms with van der Waals surface area (Å²) in [6, 6.07) is 4.03. The summed E-state index contributed by atoms with van der Waals surface area (Å²) in [5, 5.41) is 0. The fourth-order valence-corrected chi connectivity index (χ4v) is 3.03. The number of Topliss-reactive ketones (excluding diaryl/α,β-unsaturated/α-hetero) is 1. The molecule has 2 aromatic rings. The maximum Gasteiger partial charge on any atom is 0.177 e. The fourth-order valence-electron chi connectivity index (χ4n) is 1.91. The first-order valence-corrected chi connectivity index (χ1v) is 7.30. The molecule has 0 amide bonds. The van der Waals surface area contributed by atoms with Gasteiger partial charge in [0.15, 0.2) is 5.78 Å². The van der Waals surface area contributed by atoms with Gasteiger partial charge in [0, 0.05) is 29.7 Å². The summed E-state index contributed by atoms with van der Waals surface area (Å²) in [5.41, 5.74) is 0.108. The van der Waals surface area contributed by atoms with Crippen molar-refractivity contribution in [2.75, 3.05) is 0 Å². The zero-order valence-electron chi connectivity index (χ0n) is 11.9. The van der Waals surface area contributed by atoms with Crippen molar-refractivity contribution in [1.29, 1.82) is 0 Å². The van der Waals surface area contributed by atoms with Gasteiger partial charge in [-0.15, -0.1) is 11.3 Å². The normalized spacial score (nSPS) is 13.5. The van der Waals surface area contributed by atoms with Crippen LogP contribution in [0.5, 0.6) is 0 Å². The predicted molar refractivity (Wildman–Crippen MR) is 78.7 cm³/mol. The largest absolute Gasteiger partial charge is 0.337 e. The van der Waals surface area contributed by atoms with Gasteiger partial charge in [0.05, 0.1) is 11.2 Å². The van der Waals surface area contributed by atoms with E-state index in [1.165, 1.54) is 4.88 Å². The number of hydrogen-bond acceptors (Lipinski definition) is 3. The Balaban J connectivity index is 2.09. The molecule has 0 radical (unpaired) electrons. The number of rotatable bonds is 4. The van der Waals surface area contributed by atoms with Crippen LogP contribution in [-0.2, 0) is 12.0 Å². The maximum absolute atomic E-state index is 12.4. The molecule has 0 aliphatic carbocycles. The van der Waals surface area contributed by atoms with E-state index in [-0.39, 0.29) is 17.1 Å². The highest BCUT2D eigenvalue weighted by Crippen LogP contribution is 2.30. The van der Waals surface area contributed by atoms with Gasteiger partial charge in [-0.25, -0.2) is 4.98 Å². The van der Waals surface area contributed by atoms with E-state index in [0.29, 0.717) is 6.54 Å². The molecular weight excluding hydrogens is 256 g/mol. The van der Waals surface area contributed by atoms with Crippen LogP contribution in [0.4, 0.5) is 0 Å². The predicted octanol–water partition coefficient (Wildman–Crippen LogP) is 3.76. The number of nitrogens with zero attached hydrogens (tertiary/aromatic N) is 2. The molecule has 0 aromatic carbocycles. The van der Waals surface area contributed by atoms with Crippen LogP contribution in [0.15, 0.2) is 30.9 Å². The Kier molecular flexibility index (Phi) is 3.90. The van der Waals surface area contributed by atoms with Crippen LogP contribution in [-0.4, -0.2) is 15.3 Å². The van der Waals surface area contributed by atoms with Gasteiger partial charge in [-0.05, 0) is 17.5 Å².